The fourth-order valence-electron chi connectivity index (χ4n) is 1.92. The summed E-state index contributed by atoms with van der Waals surface area (Å²) in [4.78, 5) is 14.7. The number of amides is 1. The molecule has 1 heterocycles. The van der Waals surface area contributed by atoms with Crippen molar-refractivity contribution in [2.24, 2.45) is 0 Å². The highest BCUT2D eigenvalue weighted by atomic mass is 32.1. The Morgan fingerprint density at radius 2 is 2.00 bits per heavy atom. The molecule has 0 spiro atoms. The molecule has 3 nitrogen and oxygen atoms in total. The Morgan fingerprint density at radius 1 is 1.26 bits per heavy atom. The molecule has 0 aliphatic heterocycles. The van der Waals surface area contributed by atoms with Crippen molar-refractivity contribution in [1.82, 2.24) is 5.32 Å². The van der Waals surface area contributed by atoms with Crippen LogP contribution in [0.1, 0.15) is 38.6 Å². The molecule has 1 aromatic heterocycles. The van der Waals surface area contributed by atoms with Gasteiger partial charge in [0, 0.05) is 21.0 Å². The minimum absolute atomic E-state index is 0.00651. The molecule has 0 saturated heterocycles. The van der Waals surface area contributed by atoms with E-state index in [2.05, 4.69) is 24.4 Å². The third kappa shape index (κ3) is 3.15. The predicted molar refractivity (Wildman–Crippen MR) is 80.5 cm³/mol. The lowest BCUT2D eigenvalue weighted by Crippen LogP contribution is -2.26. The molecule has 2 rings (SSSR count). The van der Waals surface area contributed by atoms with Gasteiger partial charge < -0.3 is 11.1 Å². The second kappa shape index (κ2) is 5.45. The molecule has 0 fully saturated rings. The number of carbonyl (C=O) groups is 1. The Morgan fingerprint density at radius 3 is 2.63 bits per heavy atom. The van der Waals surface area contributed by atoms with Crippen LogP contribution >= 0.6 is 11.3 Å². The van der Waals surface area contributed by atoms with Crippen LogP contribution in [0.15, 0.2) is 30.3 Å². The van der Waals surface area contributed by atoms with E-state index in [1.165, 1.54) is 4.88 Å². The van der Waals surface area contributed by atoms with Gasteiger partial charge in [-0.25, -0.2) is 0 Å². The molecule has 100 valence electrons. The zero-order valence-electron chi connectivity index (χ0n) is 11.4. The van der Waals surface area contributed by atoms with E-state index in [0.717, 1.165) is 10.4 Å². The Hall–Kier alpha value is -1.81. The second-order valence-electron chi connectivity index (χ2n) is 4.72. The highest BCUT2D eigenvalue weighted by Crippen LogP contribution is 2.23. The fourth-order valence-corrected chi connectivity index (χ4v) is 2.80. The van der Waals surface area contributed by atoms with Crippen LogP contribution in [0, 0.1) is 13.8 Å². The van der Waals surface area contributed by atoms with Crippen LogP contribution in [0.2, 0.25) is 0 Å². The van der Waals surface area contributed by atoms with E-state index in [4.69, 9.17) is 5.73 Å². The van der Waals surface area contributed by atoms with Crippen LogP contribution in [0.25, 0.3) is 0 Å². The Labute approximate surface area is 117 Å². The summed E-state index contributed by atoms with van der Waals surface area (Å²) in [5, 5.41) is 3.01. The smallest absolute Gasteiger partial charge is 0.252 e. The Bertz CT molecular complexity index is 604. The van der Waals surface area contributed by atoms with Crippen molar-refractivity contribution in [2.45, 2.75) is 26.8 Å². The highest BCUT2D eigenvalue weighted by Gasteiger charge is 2.14. The molecule has 0 saturated carbocycles. The van der Waals surface area contributed by atoms with Crippen LogP contribution in [0.5, 0.6) is 0 Å². The number of carbonyl (C=O) groups excluding carboxylic acids is 1. The molecular weight excluding hydrogens is 256 g/mol. The van der Waals surface area contributed by atoms with Crippen molar-refractivity contribution >= 4 is 22.9 Å². The summed E-state index contributed by atoms with van der Waals surface area (Å²) in [6.07, 6.45) is 0. The maximum absolute atomic E-state index is 12.2. The van der Waals surface area contributed by atoms with Crippen molar-refractivity contribution in [2.75, 3.05) is 5.73 Å². The van der Waals surface area contributed by atoms with Gasteiger partial charge >= 0.3 is 0 Å². The molecule has 4 heteroatoms. The van der Waals surface area contributed by atoms with Gasteiger partial charge in [0.05, 0.1) is 6.04 Å². The van der Waals surface area contributed by atoms with Gasteiger partial charge in [-0.2, -0.15) is 0 Å². The van der Waals surface area contributed by atoms with Gasteiger partial charge in [0.25, 0.3) is 5.91 Å². The van der Waals surface area contributed by atoms with E-state index >= 15 is 0 Å². The molecule has 1 amide bonds. The number of nitrogens with two attached hydrogens (primary N) is 1. The topological polar surface area (TPSA) is 55.1 Å². The average molecular weight is 274 g/mol. The van der Waals surface area contributed by atoms with E-state index in [-0.39, 0.29) is 11.9 Å². The maximum Gasteiger partial charge on any atom is 0.252 e. The largest absolute Gasteiger partial charge is 0.399 e. The molecule has 1 atom stereocenters. The number of benzene rings is 1. The zero-order chi connectivity index (χ0) is 14.0. The normalized spacial score (nSPS) is 12.2. The van der Waals surface area contributed by atoms with Crippen LogP contribution in [0.3, 0.4) is 0 Å². The van der Waals surface area contributed by atoms with E-state index in [0.29, 0.717) is 11.3 Å². The second-order valence-corrected chi connectivity index (χ2v) is 6.04. The number of rotatable bonds is 3. The highest BCUT2D eigenvalue weighted by molar-refractivity contribution is 7.12. The average Bonchev–Trinajstić information content (AvgIpc) is 2.79. The summed E-state index contributed by atoms with van der Waals surface area (Å²) < 4.78 is 0. The van der Waals surface area contributed by atoms with Gasteiger partial charge in [-0.05, 0) is 50.6 Å². The van der Waals surface area contributed by atoms with E-state index in [9.17, 15) is 4.79 Å². The monoisotopic (exact) mass is 274 g/mol. The number of anilines is 1. The van der Waals surface area contributed by atoms with Crippen molar-refractivity contribution in [3.05, 3.63) is 51.2 Å². The molecular formula is C15H18N2OS. The number of nitrogens with one attached hydrogen (secondary N) is 1. The van der Waals surface area contributed by atoms with Crippen LogP contribution in [0.4, 0.5) is 5.69 Å². The lowest BCUT2D eigenvalue weighted by molar-refractivity contribution is 0.0940. The van der Waals surface area contributed by atoms with Crippen molar-refractivity contribution < 1.29 is 4.79 Å². The molecule has 1 aromatic carbocycles. The zero-order valence-corrected chi connectivity index (χ0v) is 12.2. The van der Waals surface area contributed by atoms with E-state index < -0.39 is 0 Å². The van der Waals surface area contributed by atoms with Gasteiger partial charge in [0.1, 0.15) is 0 Å². The summed E-state index contributed by atoms with van der Waals surface area (Å²) >= 11 is 1.70. The van der Waals surface area contributed by atoms with Crippen LogP contribution in [-0.4, -0.2) is 5.91 Å². The van der Waals surface area contributed by atoms with Gasteiger partial charge in [-0.1, -0.05) is 6.07 Å². The first-order valence-corrected chi connectivity index (χ1v) is 7.02. The molecule has 0 aliphatic rings. The summed E-state index contributed by atoms with van der Waals surface area (Å²) in [5.41, 5.74) is 7.91. The molecule has 3 N–H and O–H groups in total. The van der Waals surface area contributed by atoms with Crippen molar-refractivity contribution in [1.29, 1.82) is 0 Å². The van der Waals surface area contributed by atoms with Crippen molar-refractivity contribution in [3.8, 4) is 0 Å². The van der Waals surface area contributed by atoms with E-state index in [1.807, 2.05) is 19.9 Å². The molecule has 0 radical (unpaired) electrons. The predicted octanol–water partition coefficient (Wildman–Crippen LogP) is 3.44. The van der Waals surface area contributed by atoms with Crippen molar-refractivity contribution in [3.63, 3.8) is 0 Å². The molecule has 1 unspecified atom stereocenters. The standard InChI is InChI=1S/C15H18N2OS/c1-9-4-6-12(16)8-13(9)15(18)17-11(3)14-7-5-10(2)19-14/h4-8,11H,16H2,1-3H3,(H,17,18). The Kier molecular flexibility index (Phi) is 3.90. The first kappa shape index (κ1) is 13.6. The number of nitrogen functional groups attached to an aromatic ring is 1. The van der Waals surface area contributed by atoms with Gasteiger partial charge in [-0.15, -0.1) is 11.3 Å². The van der Waals surface area contributed by atoms with Crippen LogP contribution in [-0.2, 0) is 0 Å². The van der Waals surface area contributed by atoms with Crippen LogP contribution < -0.4 is 11.1 Å². The number of aryl methyl sites for hydroxylation is 2. The first-order chi connectivity index (χ1) is 8.97. The summed E-state index contributed by atoms with van der Waals surface area (Å²) in [7, 11) is 0. The first-order valence-electron chi connectivity index (χ1n) is 6.20. The quantitative estimate of drug-likeness (QED) is 0.842. The van der Waals surface area contributed by atoms with Gasteiger partial charge in [0.15, 0.2) is 0 Å². The molecule has 0 aliphatic carbocycles. The molecule has 2 aromatic rings. The van der Waals surface area contributed by atoms with E-state index in [1.54, 1.807) is 23.5 Å². The Balaban J connectivity index is 2.15. The maximum atomic E-state index is 12.2. The molecule has 19 heavy (non-hydrogen) atoms. The number of hydrogen-bond donors (Lipinski definition) is 2. The summed E-state index contributed by atoms with van der Waals surface area (Å²) in [6, 6.07) is 9.51. The van der Waals surface area contributed by atoms with Gasteiger partial charge in [0.2, 0.25) is 0 Å². The minimum Gasteiger partial charge on any atom is -0.399 e. The lowest BCUT2D eigenvalue weighted by Gasteiger charge is -2.14. The minimum atomic E-state index is -0.0802. The summed E-state index contributed by atoms with van der Waals surface area (Å²) in [5.74, 6) is -0.0802. The molecule has 0 bridgehead atoms. The number of thiophene rings is 1. The third-order valence-corrected chi connectivity index (χ3v) is 4.23. The third-order valence-electron chi connectivity index (χ3n) is 3.04. The fraction of sp³-hybridized carbons (Fsp3) is 0.267. The number of hydrogen-bond acceptors (Lipinski definition) is 3. The lowest BCUT2D eigenvalue weighted by atomic mass is 10.1. The summed E-state index contributed by atoms with van der Waals surface area (Å²) in [6.45, 7) is 5.96. The SMILES string of the molecule is Cc1ccc(C(C)NC(=O)c2cc(N)ccc2C)s1. The van der Waals surface area contributed by atoms with Gasteiger partial charge in [-0.3, -0.25) is 4.79 Å².